The van der Waals surface area contributed by atoms with Crippen LogP contribution in [0.15, 0.2) is 5.38 Å². The molecular formula is C16H21N3O6S. The zero-order chi connectivity index (χ0) is 19.4. The average Bonchev–Trinajstić information content (AvgIpc) is 3.08. The number of carbonyl (C=O) groups is 1. The minimum Gasteiger partial charge on any atom is -0.503 e. The van der Waals surface area contributed by atoms with E-state index in [1.165, 1.54) is 25.6 Å². The SMILES string of the molecule is COc1c(-c2csc([C@@H](O)CC[C@H](C)O)n2)nc(C(N)=O)c(O)c1OC. The van der Waals surface area contributed by atoms with Gasteiger partial charge in [0, 0.05) is 5.38 Å². The molecule has 0 radical (unpaired) electrons. The number of aliphatic hydroxyl groups is 2. The smallest absolute Gasteiger partial charge is 0.271 e. The van der Waals surface area contributed by atoms with E-state index in [0.717, 1.165) is 0 Å². The van der Waals surface area contributed by atoms with Crippen molar-refractivity contribution in [2.24, 2.45) is 5.73 Å². The molecule has 2 aromatic rings. The molecule has 0 fully saturated rings. The number of nitrogens with two attached hydrogens (primary N) is 1. The van der Waals surface area contributed by atoms with Crippen LogP contribution in [0.1, 0.15) is 41.4 Å². The Balaban J connectivity index is 2.48. The van der Waals surface area contributed by atoms with Crippen molar-refractivity contribution in [3.05, 3.63) is 16.1 Å². The summed E-state index contributed by atoms with van der Waals surface area (Å²) in [6.45, 7) is 1.64. The van der Waals surface area contributed by atoms with Crippen molar-refractivity contribution in [3.8, 4) is 28.6 Å². The van der Waals surface area contributed by atoms with Gasteiger partial charge in [-0.2, -0.15) is 0 Å². The van der Waals surface area contributed by atoms with Crippen molar-refractivity contribution < 1.29 is 29.6 Å². The van der Waals surface area contributed by atoms with Gasteiger partial charge in [-0.25, -0.2) is 9.97 Å². The molecule has 2 rings (SSSR count). The first kappa shape index (κ1) is 19.9. The van der Waals surface area contributed by atoms with E-state index in [0.29, 0.717) is 23.5 Å². The van der Waals surface area contributed by atoms with E-state index in [2.05, 4.69) is 9.97 Å². The predicted octanol–water partition coefficient (Wildman–Crippen LogP) is 1.22. The van der Waals surface area contributed by atoms with E-state index in [4.69, 9.17) is 15.2 Å². The van der Waals surface area contributed by atoms with Crippen LogP contribution in [0.2, 0.25) is 0 Å². The van der Waals surface area contributed by atoms with E-state index in [1.807, 2.05) is 0 Å². The van der Waals surface area contributed by atoms with Gasteiger partial charge in [-0.1, -0.05) is 0 Å². The van der Waals surface area contributed by atoms with Crippen LogP contribution in [-0.2, 0) is 0 Å². The molecule has 0 unspecified atom stereocenters. The molecule has 0 aliphatic rings. The lowest BCUT2D eigenvalue weighted by Gasteiger charge is -2.14. The third-order valence-corrected chi connectivity index (χ3v) is 4.58. The standard InChI is InChI=1S/C16H21N3O6S/c1-7(20)4-5-9(21)16-18-8(6-26-16)10-13(24-2)14(25-3)12(22)11(19-10)15(17)23/h6-7,9,20-22H,4-5H2,1-3H3,(H2,17,23)/t7-,9-/m0/s1. The van der Waals surface area contributed by atoms with Gasteiger partial charge in [0.25, 0.3) is 5.91 Å². The van der Waals surface area contributed by atoms with E-state index < -0.39 is 23.9 Å². The number of carbonyl (C=O) groups excluding carboxylic acids is 1. The quantitative estimate of drug-likeness (QED) is 0.532. The van der Waals surface area contributed by atoms with Crippen LogP contribution < -0.4 is 15.2 Å². The first-order valence-corrected chi connectivity index (χ1v) is 8.64. The van der Waals surface area contributed by atoms with E-state index in [9.17, 15) is 20.1 Å². The number of nitrogens with zero attached hydrogens (tertiary/aromatic N) is 2. The van der Waals surface area contributed by atoms with Gasteiger partial charge in [-0.3, -0.25) is 4.79 Å². The third kappa shape index (κ3) is 4.03. The molecule has 1 amide bonds. The summed E-state index contributed by atoms with van der Waals surface area (Å²) in [5.41, 5.74) is 5.37. The highest BCUT2D eigenvalue weighted by atomic mass is 32.1. The van der Waals surface area contributed by atoms with Gasteiger partial charge in [0.15, 0.2) is 17.2 Å². The topological polar surface area (TPSA) is 148 Å². The van der Waals surface area contributed by atoms with Gasteiger partial charge >= 0.3 is 0 Å². The van der Waals surface area contributed by atoms with Crippen LogP contribution >= 0.6 is 11.3 Å². The first-order valence-electron chi connectivity index (χ1n) is 7.76. The maximum Gasteiger partial charge on any atom is 0.271 e. The van der Waals surface area contributed by atoms with Crippen molar-refractivity contribution in [2.45, 2.75) is 32.0 Å². The lowest BCUT2D eigenvalue weighted by molar-refractivity contribution is 0.0992. The van der Waals surface area contributed by atoms with Gasteiger partial charge < -0.3 is 30.5 Å². The second kappa shape index (κ2) is 8.30. The third-order valence-electron chi connectivity index (χ3n) is 3.63. The summed E-state index contributed by atoms with van der Waals surface area (Å²) in [7, 11) is 2.66. The number of hydrogen-bond acceptors (Lipinski definition) is 9. The first-order chi connectivity index (χ1) is 12.3. The second-order valence-electron chi connectivity index (χ2n) is 5.60. The normalized spacial score (nSPS) is 13.3. The zero-order valence-electron chi connectivity index (χ0n) is 14.6. The maximum absolute atomic E-state index is 11.6. The molecule has 10 heteroatoms. The molecule has 26 heavy (non-hydrogen) atoms. The highest BCUT2D eigenvalue weighted by Crippen LogP contribution is 2.44. The molecule has 0 saturated carbocycles. The fourth-order valence-corrected chi connectivity index (χ4v) is 3.16. The average molecular weight is 383 g/mol. The van der Waals surface area contributed by atoms with E-state index in [-0.39, 0.29) is 22.9 Å². The Kier molecular flexibility index (Phi) is 6.35. The van der Waals surface area contributed by atoms with Crippen molar-refractivity contribution in [3.63, 3.8) is 0 Å². The van der Waals surface area contributed by atoms with Gasteiger partial charge in [0.1, 0.15) is 22.5 Å². The lowest BCUT2D eigenvalue weighted by Crippen LogP contribution is -2.15. The van der Waals surface area contributed by atoms with Gasteiger partial charge in [-0.05, 0) is 19.8 Å². The van der Waals surface area contributed by atoms with E-state index >= 15 is 0 Å². The predicted molar refractivity (Wildman–Crippen MR) is 94.5 cm³/mol. The number of aromatic nitrogens is 2. The molecule has 2 heterocycles. The Hall–Kier alpha value is -2.43. The summed E-state index contributed by atoms with van der Waals surface area (Å²) in [4.78, 5) is 19.9. The minimum atomic E-state index is -0.933. The Bertz CT molecular complexity index is 793. The highest BCUT2D eigenvalue weighted by Gasteiger charge is 2.26. The molecule has 9 nitrogen and oxygen atoms in total. The molecule has 0 aliphatic heterocycles. The Labute approximate surface area is 154 Å². The van der Waals surface area contributed by atoms with Gasteiger partial charge in [0.05, 0.1) is 20.3 Å². The van der Waals surface area contributed by atoms with Crippen LogP contribution in [-0.4, -0.2) is 51.5 Å². The summed E-state index contributed by atoms with van der Waals surface area (Å²) >= 11 is 1.20. The number of pyridine rings is 1. The highest BCUT2D eigenvalue weighted by molar-refractivity contribution is 7.10. The largest absolute Gasteiger partial charge is 0.503 e. The van der Waals surface area contributed by atoms with Crippen molar-refractivity contribution in [2.75, 3.05) is 14.2 Å². The van der Waals surface area contributed by atoms with Gasteiger partial charge in [-0.15, -0.1) is 11.3 Å². The van der Waals surface area contributed by atoms with Gasteiger partial charge in [0.2, 0.25) is 5.75 Å². The number of ether oxygens (including phenoxy) is 2. The number of rotatable bonds is 8. The molecule has 2 atom stereocenters. The minimum absolute atomic E-state index is 0.0875. The van der Waals surface area contributed by atoms with Crippen LogP contribution in [0.3, 0.4) is 0 Å². The molecule has 0 aromatic carbocycles. The Morgan fingerprint density at radius 3 is 2.42 bits per heavy atom. The summed E-state index contributed by atoms with van der Waals surface area (Å²) < 4.78 is 10.4. The zero-order valence-corrected chi connectivity index (χ0v) is 15.4. The Morgan fingerprint density at radius 1 is 1.23 bits per heavy atom. The molecule has 0 spiro atoms. The van der Waals surface area contributed by atoms with Crippen LogP contribution in [0.5, 0.6) is 17.2 Å². The molecule has 2 aromatic heterocycles. The van der Waals surface area contributed by atoms with Crippen molar-refractivity contribution in [1.29, 1.82) is 0 Å². The summed E-state index contributed by atoms with van der Waals surface area (Å²) in [6, 6.07) is 0. The molecule has 0 bridgehead atoms. The lowest BCUT2D eigenvalue weighted by atomic mass is 10.1. The number of aliphatic hydroxyl groups excluding tert-OH is 2. The second-order valence-corrected chi connectivity index (χ2v) is 6.49. The number of amides is 1. The van der Waals surface area contributed by atoms with Crippen LogP contribution in [0, 0.1) is 0 Å². The molecule has 142 valence electrons. The number of methoxy groups -OCH3 is 2. The number of hydrogen-bond donors (Lipinski definition) is 4. The molecule has 5 N–H and O–H groups in total. The Morgan fingerprint density at radius 2 is 1.88 bits per heavy atom. The molecule has 0 saturated heterocycles. The molecule has 0 aliphatic carbocycles. The van der Waals surface area contributed by atoms with Crippen LogP contribution in [0.4, 0.5) is 0 Å². The number of aromatic hydroxyl groups is 1. The maximum atomic E-state index is 11.6. The summed E-state index contributed by atoms with van der Waals surface area (Å²) in [6.07, 6.45) is -0.591. The fraction of sp³-hybridized carbons (Fsp3) is 0.438. The van der Waals surface area contributed by atoms with Crippen LogP contribution in [0.25, 0.3) is 11.4 Å². The van der Waals surface area contributed by atoms with E-state index in [1.54, 1.807) is 12.3 Å². The van der Waals surface area contributed by atoms with Crippen molar-refractivity contribution >= 4 is 17.2 Å². The van der Waals surface area contributed by atoms with Crippen molar-refractivity contribution in [1.82, 2.24) is 9.97 Å². The fourth-order valence-electron chi connectivity index (χ4n) is 2.33. The summed E-state index contributed by atoms with van der Waals surface area (Å²) in [5.74, 6) is -1.45. The number of primary amides is 1. The number of thiazole rings is 1. The summed E-state index contributed by atoms with van der Waals surface area (Å²) in [5, 5.41) is 31.7. The monoisotopic (exact) mass is 383 g/mol. The molecular weight excluding hydrogens is 362 g/mol.